The average molecular weight is 516 g/mol. The van der Waals surface area contributed by atoms with Gasteiger partial charge in [0.05, 0.1) is 7.11 Å². The maximum Gasteiger partial charge on any atom is 0.262 e. The molecule has 0 atom stereocenters. The third-order valence-electron chi connectivity index (χ3n) is 5.95. The van der Waals surface area contributed by atoms with Crippen molar-refractivity contribution in [3.63, 3.8) is 0 Å². The molecular weight excluding hydrogens is 499 g/mol. The second-order valence-corrected chi connectivity index (χ2v) is 8.18. The second-order valence-electron chi connectivity index (χ2n) is 8.18. The van der Waals surface area contributed by atoms with E-state index in [4.69, 9.17) is 9.26 Å². The van der Waals surface area contributed by atoms with Gasteiger partial charge >= 0.3 is 0 Å². The second kappa shape index (κ2) is 9.57. The van der Waals surface area contributed by atoms with Gasteiger partial charge in [0.1, 0.15) is 11.4 Å². The fourth-order valence-electron chi connectivity index (χ4n) is 4.13. The maximum absolute atomic E-state index is 13.7. The van der Waals surface area contributed by atoms with Crippen molar-refractivity contribution in [3.05, 3.63) is 82.7 Å². The van der Waals surface area contributed by atoms with E-state index in [0.717, 1.165) is 34.6 Å². The Labute approximate surface area is 206 Å². The Bertz CT molecular complexity index is 1490. The van der Waals surface area contributed by atoms with Gasteiger partial charge in [-0.15, -0.1) is 0 Å². The number of halogens is 5. The van der Waals surface area contributed by atoms with Gasteiger partial charge in [0.25, 0.3) is 5.91 Å². The molecule has 1 aliphatic carbocycles. The highest BCUT2D eigenvalue weighted by Gasteiger charge is 2.28. The van der Waals surface area contributed by atoms with Crippen LogP contribution in [0.4, 0.5) is 27.6 Å². The highest BCUT2D eigenvalue weighted by atomic mass is 19.2. The van der Waals surface area contributed by atoms with E-state index in [-0.39, 0.29) is 0 Å². The molecule has 0 bridgehead atoms. The number of benzene rings is 3. The van der Waals surface area contributed by atoms with Crippen LogP contribution in [0.5, 0.6) is 11.5 Å². The number of nitrogens with zero attached hydrogens (tertiary/aromatic N) is 1. The first kappa shape index (κ1) is 24.3. The van der Waals surface area contributed by atoms with E-state index in [2.05, 4.69) is 15.2 Å². The zero-order valence-corrected chi connectivity index (χ0v) is 19.1. The van der Waals surface area contributed by atoms with Crippen molar-refractivity contribution < 1.29 is 40.7 Å². The van der Waals surface area contributed by atoms with Crippen molar-refractivity contribution in [2.75, 3.05) is 19.0 Å². The molecule has 0 aliphatic heterocycles. The number of aryl methyl sites for hydroxylation is 1. The number of hydrogen-bond donors (Lipinski definition) is 1. The minimum atomic E-state index is -2.32. The van der Waals surface area contributed by atoms with Crippen LogP contribution in [0.2, 0.25) is 0 Å². The van der Waals surface area contributed by atoms with Crippen molar-refractivity contribution in [3.8, 4) is 34.1 Å². The molecule has 1 aliphatic rings. The summed E-state index contributed by atoms with van der Waals surface area (Å²) in [6.45, 7) is -0.986. The van der Waals surface area contributed by atoms with E-state index >= 15 is 0 Å². The van der Waals surface area contributed by atoms with E-state index in [0.29, 0.717) is 23.4 Å². The summed E-state index contributed by atoms with van der Waals surface area (Å²) in [4.78, 5) is 12.1. The van der Waals surface area contributed by atoms with E-state index in [1.54, 1.807) is 31.4 Å². The Morgan fingerprint density at radius 1 is 0.946 bits per heavy atom. The predicted molar refractivity (Wildman–Crippen MR) is 122 cm³/mol. The Kier molecular flexibility index (Phi) is 6.28. The number of anilines is 1. The number of aromatic nitrogens is 1. The number of carbonyl (C=O) groups excluding carboxylic acids is 1. The Morgan fingerprint density at radius 2 is 1.62 bits per heavy atom. The zero-order valence-electron chi connectivity index (χ0n) is 19.1. The highest BCUT2D eigenvalue weighted by molar-refractivity contribution is 5.92. The topological polar surface area (TPSA) is 73.6 Å². The van der Waals surface area contributed by atoms with Gasteiger partial charge in [-0.1, -0.05) is 5.16 Å². The minimum absolute atomic E-state index is 0.306. The lowest BCUT2D eigenvalue weighted by Crippen LogP contribution is -2.21. The maximum atomic E-state index is 13.7. The van der Waals surface area contributed by atoms with Crippen LogP contribution in [-0.2, 0) is 17.6 Å². The molecule has 1 aromatic heterocycles. The molecule has 1 heterocycles. The number of amides is 1. The van der Waals surface area contributed by atoms with Crippen LogP contribution in [0.15, 0.2) is 47.0 Å². The third-order valence-corrected chi connectivity index (χ3v) is 5.95. The SMILES string of the molecule is COc1ccc2c(c1)CCc1c-2noc1-c1ccc(NC(=O)COc2c(F)c(F)c(F)c(F)c2F)cc1. The monoisotopic (exact) mass is 516 g/mol. The number of methoxy groups -OCH3 is 1. The average Bonchev–Trinajstić information content (AvgIpc) is 3.35. The lowest BCUT2D eigenvalue weighted by Gasteiger charge is -2.16. The molecular formula is C26H17F5N2O4. The standard InChI is InChI=1S/C26H17F5N2O4/c1-35-15-7-9-16-13(10-15)4-8-17-24(16)33-37-25(17)12-2-5-14(6-3-12)32-18(34)11-36-26-22(30)20(28)19(27)21(29)23(26)31/h2-3,5-7,9-10H,4,8,11H2,1H3,(H,32,34). The fraction of sp³-hybridized carbons (Fsp3) is 0.154. The molecule has 190 valence electrons. The summed E-state index contributed by atoms with van der Waals surface area (Å²) in [7, 11) is 1.61. The number of fused-ring (bicyclic) bond motifs is 3. The van der Waals surface area contributed by atoms with Crippen LogP contribution < -0.4 is 14.8 Å². The third kappa shape index (κ3) is 4.37. The first-order valence-corrected chi connectivity index (χ1v) is 11.0. The Morgan fingerprint density at radius 3 is 2.30 bits per heavy atom. The van der Waals surface area contributed by atoms with Gasteiger partial charge < -0.3 is 19.3 Å². The molecule has 37 heavy (non-hydrogen) atoms. The number of hydrogen-bond acceptors (Lipinski definition) is 5. The van der Waals surface area contributed by atoms with E-state index in [1.165, 1.54) is 0 Å². The summed E-state index contributed by atoms with van der Waals surface area (Å²) in [5, 5.41) is 6.67. The summed E-state index contributed by atoms with van der Waals surface area (Å²) < 4.78 is 82.6. The summed E-state index contributed by atoms with van der Waals surface area (Å²) in [5.74, 6) is -12.0. The van der Waals surface area contributed by atoms with Gasteiger partial charge in [-0.3, -0.25) is 4.79 Å². The molecule has 6 nitrogen and oxygen atoms in total. The van der Waals surface area contributed by atoms with E-state index < -0.39 is 47.3 Å². The van der Waals surface area contributed by atoms with Gasteiger partial charge in [-0.25, -0.2) is 13.2 Å². The number of ether oxygens (including phenoxy) is 2. The van der Waals surface area contributed by atoms with Gasteiger partial charge in [-0.05, 0) is 60.9 Å². The van der Waals surface area contributed by atoms with Crippen LogP contribution >= 0.6 is 0 Å². The Balaban J connectivity index is 1.28. The first-order chi connectivity index (χ1) is 17.8. The lowest BCUT2D eigenvalue weighted by atomic mass is 9.88. The molecule has 4 aromatic rings. The number of rotatable bonds is 6. The Hall–Kier alpha value is -4.41. The van der Waals surface area contributed by atoms with Crippen LogP contribution in [0.3, 0.4) is 0 Å². The molecule has 0 saturated heterocycles. The van der Waals surface area contributed by atoms with Crippen LogP contribution in [0.25, 0.3) is 22.6 Å². The smallest absolute Gasteiger partial charge is 0.262 e. The van der Waals surface area contributed by atoms with Gasteiger partial charge in [0.15, 0.2) is 18.1 Å². The largest absolute Gasteiger partial charge is 0.497 e. The van der Waals surface area contributed by atoms with Crippen LogP contribution in [-0.4, -0.2) is 24.8 Å². The van der Waals surface area contributed by atoms with E-state index in [9.17, 15) is 26.7 Å². The van der Waals surface area contributed by atoms with Gasteiger partial charge in [-0.2, -0.15) is 8.78 Å². The molecule has 0 saturated carbocycles. The highest BCUT2D eigenvalue weighted by Crippen LogP contribution is 2.40. The van der Waals surface area contributed by atoms with Crippen molar-refractivity contribution in [1.29, 1.82) is 0 Å². The van der Waals surface area contributed by atoms with Crippen molar-refractivity contribution >= 4 is 11.6 Å². The summed E-state index contributed by atoms with van der Waals surface area (Å²) in [6.07, 6.45) is 1.49. The molecule has 5 rings (SSSR count). The normalized spacial score (nSPS) is 12.1. The molecule has 0 spiro atoms. The molecule has 11 heteroatoms. The molecule has 3 aromatic carbocycles. The summed E-state index contributed by atoms with van der Waals surface area (Å²) in [5.41, 5.74) is 4.79. The van der Waals surface area contributed by atoms with Crippen molar-refractivity contribution in [1.82, 2.24) is 5.16 Å². The number of nitrogens with one attached hydrogen (secondary N) is 1. The lowest BCUT2D eigenvalue weighted by molar-refractivity contribution is -0.118. The molecule has 0 unspecified atom stereocenters. The first-order valence-electron chi connectivity index (χ1n) is 11.0. The van der Waals surface area contributed by atoms with Crippen LogP contribution in [0, 0.1) is 29.1 Å². The molecule has 0 fully saturated rings. The molecule has 1 amide bonds. The van der Waals surface area contributed by atoms with Crippen molar-refractivity contribution in [2.45, 2.75) is 12.8 Å². The van der Waals surface area contributed by atoms with Gasteiger partial charge in [0.2, 0.25) is 29.1 Å². The summed E-state index contributed by atoms with van der Waals surface area (Å²) in [6, 6.07) is 12.3. The fourth-order valence-corrected chi connectivity index (χ4v) is 4.13. The van der Waals surface area contributed by atoms with Crippen molar-refractivity contribution in [2.24, 2.45) is 0 Å². The van der Waals surface area contributed by atoms with E-state index in [1.807, 2.05) is 18.2 Å². The predicted octanol–water partition coefficient (Wildman–Crippen LogP) is 5.83. The molecule has 1 N–H and O–H groups in total. The zero-order chi connectivity index (χ0) is 26.3. The molecule has 0 radical (unpaired) electrons. The quantitative estimate of drug-likeness (QED) is 0.198. The van der Waals surface area contributed by atoms with Gasteiger partial charge in [0, 0.05) is 22.4 Å². The minimum Gasteiger partial charge on any atom is -0.497 e. The number of carbonyl (C=O) groups is 1. The summed E-state index contributed by atoms with van der Waals surface area (Å²) >= 11 is 0. The van der Waals surface area contributed by atoms with Crippen LogP contribution in [0.1, 0.15) is 11.1 Å².